The molecule has 1 aromatic heterocycles. The van der Waals surface area contributed by atoms with Crippen LogP contribution in [-0.2, 0) is 4.79 Å². The summed E-state index contributed by atoms with van der Waals surface area (Å²) in [7, 11) is 0. The Morgan fingerprint density at radius 2 is 1.82 bits per heavy atom. The van der Waals surface area contributed by atoms with Crippen molar-refractivity contribution >= 4 is 46.6 Å². The minimum absolute atomic E-state index is 0.193. The number of aryl methyl sites for hydroxylation is 1. The van der Waals surface area contributed by atoms with Crippen LogP contribution in [0.4, 0.5) is 5.69 Å². The van der Waals surface area contributed by atoms with Crippen molar-refractivity contribution in [3.8, 4) is 11.3 Å². The smallest absolute Gasteiger partial charge is 0.280 e. The molecule has 2 aromatic carbocycles. The molecule has 0 fully saturated rings. The zero-order valence-corrected chi connectivity index (χ0v) is 16.8. The van der Waals surface area contributed by atoms with Crippen molar-refractivity contribution in [1.29, 1.82) is 0 Å². The molecule has 2 heterocycles. The van der Waals surface area contributed by atoms with E-state index in [0.717, 1.165) is 11.3 Å². The summed E-state index contributed by atoms with van der Waals surface area (Å²) in [5.74, 6) is 0.923. The van der Waals surface area contributed by atoms with Crippen molar-refractivity contribution in [1.82, 2.24) is 0 Å². The first kappa shape index (κ1) is 18.5. The number of amides is 1. The summed E-state index contributed by atoms with van der Waals surface area (Å²) >= 11 is 12.3. The average molecular weight is 411 g/mol. The molecule has 0 atom stereocenters. The number of anilines is 1. The average Bonchev–Trinajstić information content (AvgIpc) is 3.24. The van der Waals surface area contributed by atoms with Crippen LogP contribution in [0, 0.1) is 6.92 Å². The Morgan fingerprint density at radius 1 is 1.04 bits per heavy atom. The van der Waals surface area contributed by atoms with Crippen LogP contribution in [0.25, 0.3) is 17.4 Å². The van der Waals surface area contributed by atoms with Crippen LogP contribution < -0.4 is 5.01 Å². The summed E-state index contributed by atoms with van der Waals surface area (Å²) in [6, 6.07) is 16.6. The van der Waals surface area contributed by atoms with Crippen LogP contribution in [0.1, 0.15) is 18.2 Å². The lowest BCUT2D eigenvalue weighted by atomic mass is 10.1. The first-order chi connectivity index (χ1) is 13.4. The third-order valence-electron chi connectivity index (χ3n) is 4.44. The number of nitrogens with zero attached hydrogens (tertiary/aromatic N) is 2. The van der Waals surface area contributed by atoms with Crippen LogP contribution in [0.3, 0.4) is 0 Å². The predicted octanol–water partition coefficient (Wildman–Crippen LogP) is 6.37. The van der Waals surface area contributed by atoms with Crippen molar-refractivity contribution < 1.29 is 9.21 Å². The maximum Gasteiger partial charge on any atom is 0.280 e. The molecule has 1 aliphatic rings. The Balaban J connectivity index is 1.65. The van der Waals surface area contributed by atoms with E-state index < -0.39 is 0 Å². The van der Waals surface area contributed by atoms with Crippen molar-refractivity contribution in [2.45, 2.75) is 13.8 Å². The number of halogens is 2. The second-order valence-corrected chi connectivity index (χ2v) is 7.29. The molecule has 1 amide bonds. The molecule has 0 saturated carbocycles. The van der Waals surface area contributed by atoms with Crippen molar-refractivity contribution in [3.05, 3.63) is 81.5 Å². The molecular weight excluding hydrogens is 395 g/mol. The lowest BCUT2D eigenvalue weighted by Crippen LogP contribution is -2.21. The van der Waals surface area contributed by atoms with Gasteiger partial charge in [0.1, 0.15) is 11.5 Å². The van der Waals surface area contributed by atoms with E-state index in [4.69, 9.17) is 27.6 Å². The lowest BCUT2D eigenvalue weighted by molar-refractivity contribution is -0.114. The molecule has 0 saturated heterocycles. The SMILES string of the molecule is CC1=NN(c2cccc(C)c2)C(=O)C1=Cc1ccc(-c2cccc(Cl)c2Cl)o1. The topological polar surface area (TPSA) is 45.8 Å². The molecule has 0 spiro atoms. The minimum Gasteiger partial charge on any atom is -0.457 e. The van der Waals surface area contributed by atoms with Gasteiger partial charge < -0.3 is 4.42 Å². The van der Waals surface area contributed by atoms with E-state index >= 15 is 0 Å². The number of benzene rings is 2. The molecule has 4 nitrogen and oxygen atoms in total. The number of carbonyl (C=O) groups excluding carboxylic acids is 1. The quantitative estimate of drug-likeness (QED) is 0.470. The minimum atomic E-state index is -0.193. The van der Waals surface area contributed by atoms with Gasteiger partial charge >= 0.3 is 0 Å². The summed E-state index contributed by atoms with van der Waals surface area (Å²) < 4.78 is 5.88. The largest absolute Gasteiger partial charge is 0.457 e. The summed E-state index contributed by atoms with van der Waals surface area (Å²) in [6.45, 7) is 3.78. The van der Waals surface area contributed by atoms with Crippen molar-refractivity contribution in [3.63, 3.8) is 0 Å². The molecule has 140 valence electrons. The number of furan rings is 1. The fraction of sp³-hybridized carbons (Fsp3) is 0.0909. The molecule has 6 heteroatoms. The van der Waals surface area contributed by atoms with E-state index in [9.17, 15) is 4.79 Å². The van der Waals surface area contributed by atoms with Gasteiger partial charge in [-0.05, 0) is 61.9 Å². The van der Waals surface area contributed by atoms with Gasteiger partial charge in [0, 0.05) is 5.56 Å². The van der Waals surface area contributed by atoms with E-state index in [1.54, 1.807) is 37.3 Å². The maximum absolute atomic E-state index is 12.9. The molecule has 0 unspecified atom stereocenters. The molecule has 0 N–H and O–H groups in total. The molecular formula is C22H16Cl2N2O2. The fourth-order valence-electron chi connectivity index (χ4n) is 3.03. The summed E-state index contributed by atoms with van der Waals surface area (Å²) in [6.07, 6.45) is 1.69. The Bertz CT molecular complexity index is 1140. The summed E-state index contributed by atoms with van der Waals surface area (Å²) in [5.41, 5.74) is 3.61. The zero-order valence-electron chi connectivity index (χ0n) is 15.2. The molecule has 1 aliphatic heterocycles. The number of carbonyl (C=O) groups is 1. The van der Waals surface area contributed by atoms with E-state index in [-0.39, 0.29) is 5.91 Å². The van der Waals surface area contributed by atoms with E-state index in [1.807, 2.05) is 37.3 Å². The fourth-order valence-corrected chi connectivity index (χ4v) is 3.42. The monoisotopic (exact) mass is 410 g/mol. The number of hydrogen-bond donors (Lipinski definition) is 0. The van der Waals surface area contributed by atoms with Crippen molar-refractivity contribution in [2.24, 2.45) is 5.10 Å². The third-order valence-corrected chi connectivity index (χ3v) is 5.26. The second kappa shape index (κ2) is 7.30. The van der Waals surface area contributed by atoms with Crippen LogP contribution >= 0.6 is 23.2 Å². The Labute approximate surface area is 172 Å². The van der Waals surface area contributed by atoms with Gasteiger partial charge in [0.05, 0.1) is 27.0 Å². The van der Waals surface area contributed by atoms with Gasteiger partial charge in [-0.2, -0.15) is 10.1 Å². The lowest BCUT2D eigenvalue weighted by Gasteiger charge is -2.12. The Morgan fingerprint density at radius 3 is 2.61 bits per heavy atom. The van der Waals surface area contributed by atoms with Gasteiger partial charge in [-0.3, -0.25) is 4.79 Å². The first-order valence-corrected chi connectivity index (χ1v) is 9.42. The highest BCUT2D eigenvalue weighted by Crippen LogP contribution is 2.35. The predicted molar refractivity (Wildman–Crippen MR) is 114 cm³/mol. The van der Waals surface area contributed by atoms with Gasteiger partial charge in [0.25, 0.3) is 5.91 Å². The Kier molecular flexibility index (Phi) is 4.84. The van der Waals surface area contributed by atoms with Gasteiger partial charge in [-0.25, -0.2) is 0 Å². The van der Waals surface area contributed by atoms with Gasteiger partial charge in [0.2, 0.25) is 0 Å². The first-order valence-electron chi connectivity index (χ1n) is 8.66. The van der Waals surface area contributed by atoms with Crippen molar-refractivity contribution in [2.75, 3.05) is 5.01 Å². The highest BCUT2D eigenvalue weighted by molar-refractivity contribution is 6.43. The maximum atomic E-state index is 12.9. The number of hydrogen-bond acceptors (Lipinski definition) is 3. The van der Waals surface area contributed by atoms with Gasteiger partial charge in [-0.15, -0.1) is 0 Å². The normalized spacial score (nSPS) is 15.4. The highest BCUT2D eigenvalue weighted by atomic mass is 35.5. The van der Waals surface area contributed by atoms with E-state index in [2.05, 4.69) is 5.10 Å². The molecule has 28 heavy (non-hydrogen) atoms. The van der Waals surface area contributed by atoms with Gasteiger partial charge in [0.15, 0.2) is 0 Å². The number of rotatable bonds is 3. The Hall–Kier alpha value is -2.82. The van der Waals surface area contributed by atoms with Crippen LogP contribution in [0.2, 0.25) is 10.0 Å². The molecule has 3 aromatic rings. The van der Waals surface area contributed by atoms with E-state index in [0.29, 0.717) is 38.4 Å². The zero-order chi connectivity index (χ0) is 19.8. The van der Waals surface area contributed by atoms with Gasteiger partial charge in [-0.1, -0.05) is 41.4 Å². The highest BCUT2D eigenvalue weighted by Gasteiger charge is 2.29. The van der Waals surface area contributed by atoms with Crippen LogP contribution in [0.5, 0.6) is 0 Å². The van der Waals surface area contributed by atoms with Crippen LogP contribution in [0.15, 0.2) is 69.7 Å². The molecule has 0 bridgehead atoms. The summed E-state index contributed by atoms with van der Waals surface area (Å²) in [5, 5.41) is 6.70. The second-order valence-electron chi connectivity index (χ2n) is 6.50. The van der Waals surface area contributed by atoms with Crippen LogP contribution in [-0.4, -0.2) is 11.6 Å². The summed E-state index contributed by atoms with van der Waals surface area (Å²) in [4.78, 5) is 12.9. The standard InChI is InChI=1S/C22H16Cl2N2O2/c1-13-5-3-6-15(11-13)26-22(27)18(14(2)25-26)12-16-9-10-20(28-16)17-7-4-8-19(23)21(17)24/h3-12H,1-2H3. The molecule has 0 radical (unpaired) electrons. The molecule has 0 aliphatic carbocycles. The third kappa shape index (κ3) is 3.37. The molecule has 4 rings (SSSR count). The van der Waals surface area contributed by atoms with E-state index in [1.165, 1.54) is 5.01 Å². The number of hydrazone groups is 1.